The van der Waals surface area contributed by atoms with Crippen molar-refractivity contribution < 1.29 is 23.1 Å². The number of likely N-dealkylation sites (N-methyl/N-ethyl adjacent to an activating group) is 2. The van der Waals surface area contributed by atoms with E-state index in [1.807, 2.05) is 20.8 Å². The molecular formula is C24H34N8O5S2. The number of benzene rings is 2. The molecule has 0 atom stereocenters. The summed E-state index contributed by atoms with van der Waals surface area (Å²) in [5, 5.41) is 23.4. The van der Waals surface area contributed by atoms with Crippen LogP contribution in [-0.4, -0.2) is 79.2 Å². The Morgan fingerprint density at radius 2 is 1.69 bits per heavy atom. The third-order valence-electron chi connectivity index (χ3n) is 5.83. The predicted octanol–water partition coefficient (Wildman–Crippen LogP) is 1.000. The molecule has 1 saturated heterocycles. The first-order valence-electron chi connectivity index (χ1n) is 12.4. The summed E-state index contributed by atoms with van der Waals surface area (Å²) >= 11 is 5.13. The maximum atomic E-state index is 12.9. The molecule has 0 aliphatic carbocycles. The van der Waals surface area contributed by atoms with Crippen molar-refractivity contribution in [3.8, 4) is 5.75 Å². The van der Waals surface area contributed by atoms with Gasteiger partial charge in [0, 0.05) is 44.5 Å². The van der Waals surface area contributed by atoms with Crippen molar-refractivity contribution in [2.75, 3.05) is 48.2 Å². The minimum Gasteiger partial charge on any atom is -0.506 e. The van der Waals surface area contributed by atoms with Crippen LogP contribution in [0.5, 0.6) is 5.75 Å². The highest BCUT2D eigenvalue weighted by Crippen LogP contribution is 2.28. The Balaban J connectivity index is 1.57. The summed E-state index contributed by atoms with van der Waals surface area (Å²) < 4.78 is 28.2. The molecule has 1 heterocycles. The van der Waals surface area contributed by atoms with Crippen LogP contribution in [0.25, 0.3) is 0 Å². The molecule has 2 aromatic rings. The summed E-state index contributed by atoms with van der Waals surface area (Å²) in [6, 6.07) is 9.83. The van der Waals surface area contributed by atoms with E-state index in [9.17, 15) is 23.1 Å². The summed E-state index contributed by atoms with van der Waals surface area (Å²) in [6.45, 7) is 9.36. The Labute approximate surface area is 233 Å². The lowest BCUT2D eigenvalue weighted by Crippen LogP contribution is -2.47. The van der Waals surface area contributed by atoms with Crippen LogP contribution >= 0.6 is 12.2 Å². The Bertz CT molecular complexity index is 1300. The number of aromatic hydroxyl groups is 1. The highest BCUT2D eigenvalue weighted by atomic mass is 32.2. The van der Waals surface area contributed by atoms with Crippen molar-refractivity contribution >= 4 is 56.2 Å². The van der Waals surface area contributed by atoms with Gasteiger partial charge in [-0.25, -0.2) is 18.4 Å². The van der Waals surface area contributed by atoms with Gasteiger partial charge < -0.3 is 21.1 Å². The monoisotopic (exact) mass is 578 g/mol. The minimum atomic E-state index is -3.99. The number of rotatable bonds is 10. The van der Waals surface area contributed by atoms with Gasteiger partial charge in [0.15, 0.2) is 5.11 Å². The third kappa shape index (κ3) is 8.16. The fraction of sp³-hybridized carbons (Fsp3) is 0.375. The number of sulfonamides is 1. The largest absolute Gasteiger partial charge is 0.506 e. The van der Waals surface area contributed by atoms with Crippen LogP contribution in [0.4, 0.5) is 17.1 Å². The molecule has 0 spiro atoms. The Morgan fingerprint density at radius 1 is 1.00 bits per heavy atom. The molecule has 7 N–H and O–H groups in total. The number of nitrogens with one attached hydrogen (secondary N) is 6. The fourth-order valence-corrected chi connectivity index (χ4v) is 5.33. The van der Waals surface area contributed by atoms with Gasteiger partial charge in [0.1, 0.15) is 5.75 Å². The number of amides is 2. The van der Waals surface area contributed by atoms with E-state index < -0.39 is 21.8 Å². The highest BCUT2D eigenvalue weighted by Gasteiger charge is 2.30. The molecule has 212 valence electrons. The number of hydrogen-bond donors (Lipinski definition) is 7. The lowest BCUT2D eigenvalue weighted by molar-refractivity contribution is -0.139. The second-order valence-corrected chi connectivity index (χ2v) is 10.7. The normalized spacial score (nSPS) is 14.4. The zero-order chi connectivity index (χ0) is 28.6. The molecule has 2 amide bonds. The van der Waals surface area contributed by atoms with Crippen LogP contribution in [0.1, 0.15) is 20.8 Å². The average molecular weight is 579 g/mol. The average Bonchev–Trinajstić information content (AvgIpc) is 3.30. The number of phenolic OH excluding ortho intramolecular Hbond substituents is 1. The topological polar surface area (TPSA) is 167 Å². The van der Waals surface area contributed by atoms with Gasteiger partial charge >= 0.3 is 11.8 Å². The first-order chi connectivity index (χ1) is 18.6. The van der Waals surface area contributed by atoms with Crippen LogP contribution in [0.2, 0.25) is 0 Å². The molecule has 1 aliphatic heterocycles. The summed E-state index contributed by atoms with van der Waals surface area (Å²) in [4.78, 5) is 24.5. The van der Waals surface area contributed by atoms with E-state index in [0.29, 0.717) is 30.4 Å². The van der Waals surface area contributed by atoms with Crippen LogP contribution in [0.15, 0.2) is 47.4 Å². The van der Waals surface area contributed by atoms with Gasteiger partial charge in [-0.3, -0.25) is 25.2 Å². The number of hydrazine groups is 2. The second-order valence-electron chi connectivity index (χ2n) is 8.61. The molecule has 0 bridgehead atoms. The third-order valence-corrected chi connectivity index (χ3v) is 7.46. The number of carbonyl (C=O) groups excluding carboxylic acids is 2. The molecule has 13 nitrogen and oxygen atoms in total. The van der Waals surface area contributed by atoms with E-state index in [-0.39, 0.29) is 28.1 Å². The van der Waals surface area contributed by atoms with Crippen LogP contribution in [0.3, 0.4) is 0 Å². The van der Waals surface area contributed by atoms with Gasteiger partial charge in [-0.05, 0) is 49.5 Å². The molecule has 15 heteroatoms. The van der Waals surface area contributed by atoms with Crippen LogP contribution in [-0.2, 0) is 19.6 Å². The maximum Gasteiger partial charge on any atom is 0.327 e. The molecule has 0 aromatic heterocycles. The Hall–Kier alpha value is -3.66. The first-order valence-corrected chi connectivity index (χ1v) is 14.3. The molecule has 3 rings (SSSR count). The zero-order valence-electron chi connectivity index (χ0n) is 21.9. The van der Waals surface area contributed by atoms with E-state index in [2.05, 4.69) is 41.5 Å². The van der Waals surface area contributed by atoms with E-state index >= 15 is 0 Å². The molecule has 39 heavy (non-hydrogen) atoms. The Morgan fingerprint density at radius 3 is 2.31 bits per heavy atom. The summed E-state index contributed by atoms with van der Waals surface area (Å²) in [5.41, 5.74) is 5.37. The van der Waals surface area contributed by atoms with Crippen molar-refractivity contribution in [2.45, 2.75) is 31.7 Å². The van der Waals surface area contributed by atoms with Crippen LogP contribution in [0, 0.1) is 0 Å². The van der Waals surface area contributed by atoms with Crippen molar-refractivity contribution in [1.82, 2.24) is 26.1 Å². The van der Waals surface area contributed by atoms with Crippen molar-refractivity contribution in [3.63, 3.8) is 0 Å². The number of nitrogens with zero attached hydrogens (tertiary/aromatic N) is 2. The van der Waals surface area contributed by atoms with E-state index in [1.54, 1.807) is 12.1 Å². The molecule has 0 unspecified atom stereocenters. The number of phenols is 1. The molecule has 0 saturated carbocycles. The van der Waals surface area contributed by atoms with Crippen LogP contribution < -0.4 is 31.5 Å². The summed E-state index contributed by atoms with van der Waals surface area (Å²) in [5.74, 6) is -2.09. The van der Waals surface area contributed by atoms with E-state index in [0.717, 1.165) is 13.1 Å². The number of thiocarbonyl (C=S) groups is 1. The first kappa shape index (κ1) is 29.9. The maximum absolute atomic E-state index is 12.9. The SMILES string of the molecule is CCNC(=S)Nc1cccc(S(=O)(=O)Nc2ccc(NNC(=O)C(=O)NC3CN(CC)N(CC)C3)c(O)c2)c1. The van der Waals surface area contributed by atoms with Crippen molar-refractivity contribution in [3.05, 3.63) is 42.5 Å². The smallest absolute Gasteiger partial charge is 0.327 e. The molecule has 2 aromatic carbocycles. The molecular weight excluding hydrogens is 544 g/mol. The number of hydrogen-bond acceptors (Lipinski definition) is 9. The van der Waals surface area contributed by atoms with E-state index in [4.69, 9.17) is 12.2 Å². The highest BCUT2D eigenvalue weighted by molar-refractivity contribution is 7.92. The Kier molecular flexibility index (Phi) is 10.3. The van der Waals surface area contributed by atoms with Gasteiger partial charge in [-0.1, -0.05) is 19.9 Å². The van der Waals surface area contributed by atoms with Gasteiger partial charge in [0.25, 0.3) is 10.0 Å². The summed E-state index contributed by atoms with van der Waals surface area (Å²) in [7, 11) is -3.99. The molecule has 1 aliphatic rings. The molecule has 1 fully saturated rings. The fourth-order valence-electron chi connectivity index (χ4n) is 3.97. The number of anilines is 3. The quantitative estimate of drug-likeness (QED) is 0.0930. The zero-order valence-corrected chi connectivity index (χ0v) is 23.6. The van der Waals surface area contributed by atoms with Gasteiger partial charge in [0.05, 0.1) is 22.3 Å². The van der Waals surface area contributed by atoms with Gasteiger partial charge in [0.2, 0.25) is 0 Å². The van der Waals surface area contributed by atoms with Crippen molar-refractivity contribution in [1.29, 1.82) is 0 Å². The standard InChI is InChI=1S/C24H34N8O5S2/c1-4-25-24(38)27-16-8-7-9-19(12-16)39(36,37)30-17-10-11-20(21(33)13-17)28-29-23(35)22(34)26-18-14-31(5-2)32(6-3)15-18/h7-13,18,28,30,33H,4-6,14-15H2,1-3H3,(H,26,34)(H,29,35)(H2,25,27,38). The lowest BCUT2D eigenvalue weighted by Gasteiger charge is -2.24. The van der Waals surface area contributed by atoms with E-state index in [1.165, 1.54) is 30.3 Å². The lowest BCUT2D eigenvalue weighted by atomic mass is 10.2. The summed E-state index contributed by atoms with van der Waals surface area (Å²) in [6.07, 6.45) is 0. The van der Waals surface area contributed by atoms with Gasteiger partial charge in [-0.2, -0.15) is 0 Å². The van der Waals surface area contributed by atoms with Gasteiger partial charge in [-0.15, -0.1) is 0 Å². The minimum absolute atomic E-state index is 0.0156. The van der Waals surface area contributed by atoms with Crippen molar-refractivity contribution in [2.24, 2.45) is 0 Å². The predicted molar refractivity (Wildman–Crippen MR) is 153 cm³/mol. The number of carbonyl (C=O) groups is 2. The molecule has 0 radical (unpaired) electrons. The second kappa shape index (κ2) is 13.4.